The van der Waals surface area contributed by atoms with Crippen LogP contribution in [0.3, 0.4) is 0 Å². The Morgan fingerprint density at radius 1 is 1.56 bits per heavy atom. The van der Waals surface area contributed by atoms with Crippen molar-refractivity contribution in [1.29, 1.82) is 0 Å². The van der Waals surface area contributed by atoms with Gasteiger partial charge in [0.2, 0.25) is 0 Å². The summed E-state index contributed by atoms with van der Waals surface area (Å²) < 4.78 is 1.50. The second kappa shape index (κ2) is 4.19. The Labute approximate surface area is 96.0 Å². The van der Waals surface area contributed by atoms with Crippen LogP contribution in [0.15, 0.2) is 35.9 Å². The van der Waals surface area contributed by atoms with E-state index in [1.54, 1.807) is 18.3 Å². The highest BCUT2D eigenvalue weighted by Crippen LogP contribution is 2.10. The molecule has 0 unspecified atom stereocenters. The summed E-state index contributed by atoms with van der Waals surface area (Å²) in [5, 5.41) is 16.0. The van der Waals surface area contributed by atoms with Crippen LogP contribution in [0.5, 0.6) is 0 Å². The average molecular weight is 238 g/mol. The zero-order valence-corrected chi connectivity index (χ0v) is 8.83. The van der Waals surface area contributed by atoms with E-state index in [1.165, 1.54) is 17.1 Å². The highest BCUT2D eigenvalue weighted by molar-refractivity contribution is 6.30. The van der Waals surface area contributed by atoms with Crippen molar-refractivity contribution >= 4 is 17.4 Å². The van der Waals surface area contributed by atoms with Gasteiger partial charge in [-0.1, -0.05) is 16.8 Å². The third-order valence-corrected chi connectivity index (χ3v) is 2.13. The lowest BCUT2D eigenvalue weighted by Gasteiger charge is -2.02. The number of nitrogens with two attached hydrogens (primary N) is 1. The molecule has 0 saturated heterocycles. The van der Waals surface area contributed by atoms with Gasteiger partial charge in [0.15, 0.2) is 11.7 Å². The van der Waals surface area contributed by atoms with Crippen molar-refractivity contribution in [2.24, 2.45) is 10.9 Å². The molecule has 2 rings (SSSR count). The van der Waals surface area contributed by atoms with Gasteiger partial charge in [0.1, 0.15) is 0 Å². The molecule has 0 aliphatic rings. The normalized spacial score (nSPS) is 11.7. The van der Waals surface area contributed by atoms with Crippen LogP contribution in [-0.2, 0) is 0 Å². The molecule has 82 valence electrons. The maximum Gasteiger partial charge on any atom is 0.170 e. The van der Waals surface area contributed by atoms with Crippen LogP contribution in [0.1, 0.15) is 5.56 Å². The molecule has 0 atom stereocenters. The van der Waals surface area contributed by atoms with E-state index >= 15 is 0 Å². The van der Waals surface area contributed by atoms with Gasteiger partial charge in [-0.3, -0.25) is 0 Å². The number of rotatable bonds is 2. The minimum Gasteiger partial charge on any atom is -0.409 e. The molecule has 0 aliphatic carbocycles. The predicted octanol–water partition coefficient (Wildman–Crippen LogP) is 1.02. The summed E-state index contributed by atoms with van der Waals surface area (Å²) in [5.74, 6) is 0.554. The quantitative estimate of drug-likeness (QED) is 0.353. The van der Waals surface area contributed by atoms with Gasteiger partial charge in [-0.2, -0.15) is 5.10 Å². The smallest absolute Gasteiger partial charge is 0.170 e. The van der Waals surface area contributed by atoms with E-state index in [1.807, 2.05) is 0 Å². The Bertz CT molecular complexity index is 536. The van der Waals surface area contributed by atoms with Gasteiger partial charge in [-0.05, 0) is 12.1 Å². The van der Waals surface area contributed by atoms with E-state index in [4.69, 9.17) is 22.5 Å². The summed E-state index contributed by atoms with van der Waals surface area (Å²) in [6.07, 6.45) is 4.65. The third kappa shape index (κ3) is 1.96. The number of hydrogen-bond donors (Lipinski definition) is 2. The first-order valence-corrected chi connectivity index (χ1v) is 4.73. The van der Waals surface area contributed by atoms with Crippen LogP contribution in [0.4, 0.5) is 0 Å². The first-order chi connectivity index (χ1) is 7.70. The number of oxime groups is 1. The second-order valence-corrected chi connectivity index (χ2v) is 3.43. The van der Waals surface area contributed by atoms with Crippen LogP contribution in [-0.4, -0.2) is 25.8 Å². The molecule has 16 heavy (non-hydrogen) atoms. The number of nitrogens with zero attached hydrogens (tertiary/aromatic N) is 4. The van der Waals surface area contributed by atoms with E-state index in [2.05, 4.69) is 15.2 Å². The zero-order chi connectivity index (χ0) is 11.5. The summed E-state index contributed by atoms with van der Waals surface area (Å²) in [6, 6.07) is 3.27. The van der Waals surface area contributed by atoms with Gasteiger partial charge in [0, 0.05) is 11.8 Å². The molecule has 2 aromatic heterocycles. The molecule has 0 radical (unpaired) electrons. The number of amidine groups is 1. The Hall–Kier alpha value is -2.08. The number of hydrogen-bond acceptors (Lipinski definition) is 4. The summed E-state index contributed by atoms with van der Waals surface area (Å²) in [4.78, 5) is 4.09. The summed E-state index contributed by atoms with van der Waals surface area (Å²) >= 11 is 5.74. The Morgan fingerprint density at radius 2 is 2.38 bits per heavy atom. The van der Waals surface area contributed by atoms with Gasteiger partial charge in [0.05, 0.1) is 17.4 Å². The molecule has 2 heterocycles. The lowest BCUT2D eigenvalue weighted by molar-refractivity contribution is 0.318. The standard InChI is InChI=1S/C9H8ClN5O/c10-7-4-13-15(5-7)8-3-6(1-2-12-8)9(11)14-16/h1-5,16H,(H2,11,14). The highest BCUT2D eigenvalue weighted by Gasteiger charge is 2.04. The van der Waals surface area contributed by atoms with E-state index in [0.717, 1.165) is 0 Å². The lowest BCUT2D eigenvalue weighted by Crippen LogP contribution is -2.14. The molecule has 0 aliphatic heterocycles. The fourth-order valence-electron chi connectivity index (χ4n) is 1.19. The molecule has 0 saturated carbocycles. The fraction of sp³-hybridized carbons (Fsp3) is 0. The lowest BCUT2D eigenvalue weighted by atomic mass is 10.2. The molecule has 0 amide bonds. The summed E-state index contributed by atoms with van der Waals surface area (Å²) in [5.41, 5.74) is 6.02. The predicted molar refractivity (Wildman–Crippen MR) is 58.9 cm³/mol. The average Bonchev–Trinajstić information content (AvgIpc) is 2.75. The van der Waals surface area contributed by atoms with Gasteiger partial charge in [0.25, 0.3) is 0 Å². The van der Waals surface area contributed by atoms with Crippen LogP contribution in [0, 0.1) is 0 Å². The number of halogens is 1. The van der Waals surface area contributed by atoms with Crippen LogP contribution < -0.4 is 5.73 Å². The van der Waals surface area contributed by atoms with E-state index in [-0.39, 0.29) is 5.84 Å². The Balaban J connectivity index is 2.43. The van der Waals surface area contributed by atoms with Crippen LogP contribution >= 0.6 is 11.6 Å². The van der Waals surface area contributed by atoms with Gasteiger partial charge in [-0.25, -0.2) is 9.67 Å². The molecular formula is C9H8ClN5O. The highest BCUT2D eigenvalue weighted by atomic mass is 35.5. The maximum absolute atomic E-state index is 8.55. The van der Waals surface area contributed by atoms with Gasteiger partial charge >= 0.3 is 0 Å². The molecule has 0 fully saturated rings. The fourth-order valence-corrected chi connectivity index (χ4v) is 1.32. The van der Waals surface area contributed by atoms with Gasteiger partial charge in [-0.15, -0.1) is 0 Å². The van der Waals surface area contributed by atoms with Crippen molar-refractivity contribution in [1.82, 2.24) is 14.8 Å². The third-order valence-electron chi connectivity index (χ3n) is 1.93. The van der Waals surface area contributed by atoms with Crippen molar-refractivity contribution in [3.63, 3.8) is 0 Å². The molecule has 7 heteroatoms. The number of pyridine rings is 1. The summed E-state index contributed by atoms with van der Waals surface area (Å²) in [6.45, 7) is 0. The molecule has 6 nitrogen and oxygen atoms in total. The Morgan fingerprint density at radius 3 is 3.00 bits per heavy atom. The van der Waals surface area contributed by atoms with E-state index < -0.39 is 0 Å². The van der Waals surface area contributed by atoms with Gasteiger partial charge < -0.3 is 10.9 Å². The molecule has 3 N–H and O–H groups in total. The van der Waals surface area contributed by atoms with Crippen molar-refractivity contribution in [2.45, 2.75) is 0 Å². The number of aromatic nitrogens is 3. The zero-order valence-electron chi connectivity index (χ0n) is 8.08. The van der Waals surface area contributed by atoms with Crippen molar-refractivity contribution in [2.75, 3.05) is 0 Å². The van der Waals surface area contributed by atoms with Crippen LogP contribution in [0.25, 0.3) is 5.82 Å². The molecule has 0 spiro atoms. The minimum atomic E-state index is 0.0157. The molecule has 0 aromatic carbocycles. The van der Waals surface area contributed by atoms with E-state index in [0.29, 0.717) is 16.4 Å². The second-order valence-electron chi connectivity index (χ2n) is 2.99. The monoisotopic (exact) mass is 237 g/mol. The molecular weight excluding hydrogens is 230 g/mol. The van der Waals surface area contributed by atoms with Crippen molar-refractivity contribution in [3.05, 3.63) is 41.3 Å². The van der Waals surface area contributed by atoms with E-state index in [9.17, 15) is 0 Å². The SMILES string of the molecule is N/C(=N\O)c1ccnc(-n2cc(Cl)cn2)c1. The minimum absolute atomic E-state index is 0.0157. The summed E-state index contributed by atoms with van der Waals surface area (Å²) in [7, 11) is 0. The first kappa shape index (κ1) is 10.4. The Kier molecular flexibility index (Phi) is 2.74. The first-order valence-electron chi connectivity index (χ1n) is 4.35. The molecule has 2 aromatic rings. The largest absolute Gasteiger partial charge is 0.409 e. The topological polar surface area (TPSA) is 89.3 Å². The van der Waals surface area contributed by atoms with Crippen molar-refractivity contribution < 1.29 is 5.21 Å². The molecule has 0 bridgehead atoms. The van der Waals surface area contributed by atoms with Crippen LogP contribution in [0.2, 0.25) is 5.02 Å². The van der Waals surface area contributed by atoms with Crippen molar-refractivity contribution in [3.8, 4) is 5.82 Å². The maximum atomic E-state index is 8.55.